The Morgan fingerprint density at radius 2 is 0.983 bits per heavy atom. The van der Waals surface area contributed by atoms with Crippen LogP contribution in [0.2, 0.25) is 0 Å². The number of anilines is 3. The van der Waals surface area contributed by atoms with Crippen LogP contribution in [0.15, 0.2) is 211 Å². The molecule has 58 heavy (non-hydrogen) atoms. The van der Waals surface area contributed by atoms with Crippen molar-refractivity contribution in [2.45, 2.75) is 0 Å². The van der Waals surface area contributed by atoms with Gasteiger partial charge in [0.25, 0.3) is 0 Å². The smallest absolute Gasteiger partial charge is 0.242 e. The summed E-state index contributed by atoms with van der Waals surface area (Å²) in [6.07, 6.45) is 0. The summed E-state index contributed by atoms with van der Waals surface area (Å²) >= 11 is 0. The maximum atomic E-state index is 6.89. The molecule has 0 unspecified atom stereocenters. The molecule has 0 spiro atoms. The van der Waals surface area contributed by atoms with Crippen molar-refractivity contribution >= 4 is 94.4 Å². The number of benzene rings is 10. The highest BCUT2D eigenvalue weighted by Crippen LogP contribution is 2.51. The molecule has 0 bridgehead atoms. The summed E-state index contributed by atoms with van der Waals surface area (Å²) in [6, 6.07) is 73.9. The van der Waals surface area contributed by atoms with Gasteiger partial charge >= 0.3 is 0 Å². The molecule has 3 nitrogen and oxygen atoms in total. The zero-order chi connectivity index (χ0) is 38.2. The molecular formula is C54H34BNO2. The lowest BCUT2D eigenvalue weighted by molar-refractivity contribution is 0.487. The van der Waals surface area contributed by atoms with E-state index < -0.39 is 0 Å². The van der Waals surface area contributed by atoms with Crippen LogP contribution in [-0.2, 0) is 0 Å². The first-order valence-corrected chi connectivity index (χ1v) is 19.9. The minimum atomic E-state index is -0.0356. The molecule has 0 atom stereocenters. The van der Waals surface area contributed by atoms with E-state index in [0.717, 1.165) is 61.4 Å². The molecule has 12 rings (SSSR count). The Morgan fingerprint density at radius 1 is 0.345 bits per heavy atom. The molecule has 0 aliphatic carbocycles. The van der Waals surface area contributed by atoms with E-state index in [0.29, 0.717) is 0 Å². The second kappa shape index (κ2) is 13.0. The summed E-state index contributed by atoms with van der Waals surface area (Å²) in [6.45, 7) is -0.0356. The molecule has 270 valence electrons. The van der Waals surface area contributed by atoms with Gasteiger partial charge in [0, 0.05) is 44.9 Å². The van der Waals surface area contributed by atoms with E-state index in [1.807, 2.05) is 12.1 Å². The average Bonchev–Trinajstić information content (AvgIpc) is 3.66. The molecule has 10 aromatic carbocycles. The van der Waals surface area contributed by atoms with Gasteiger partial charge in [0.05, 0.1) is 0 Å². The molecule has 0 saturated heterocycles. The van der Waals surface area contributed by atoms with Crippen LogP contribution >= 0.6 is 0 Å². The van der Waals surface area contributed by atoms with Gasteiger partial charge in [0.1, 0.15) is 22.7 Å². The third kappa shape index (κ3) is 5.08. The lowest BCUT2D eigenvalue weighted by Crippen LogP contribution is -2.52. The summed E-state index contributed by atoms with van der Waals surface area (Å²) in [5.74, 6) is 1.72. The average molecular weight is 740 g/mol. The number of nitrogens with zero attached hydrogens (tertiary/aromatic N) is 1. The van der Waals surface area contributed by atoms with E-state index in [2.05, 4.69) is 199 Å². The van der Waals surface area contributed by atoms with Crippen molar-refractivity contribution in [3.63, 3.8) is 0 Å². The molecule has 1 aromatic heterocycles. The number of rotatable bonds is 6. The van der Waals surface area contributed by atoms with Gasteiger partial charge in [-0.05, 0) is 93.2 Å². The topological polar surface area (TPSA) is 25.6 Å². The number of furan rings is 1. The van der Waals surface area contributed by atoms with E-state index in [1.165, 1.54) is 48.9 Å². The Labute approximate surface area is 336 Å². The zero-order valence-corrected chi connectivity index (χ0v) is 31.5. The molecule has 1 aliphatic heterocycles. The van der Waals surface area contributed by atoms with E-state index >= 15 is 0 Å². The van der Waals surface area contributed by atoms with Gasteiger partial charge in [-0.25, -0.2) is 0 Å². The van der Waals surface area contributed by atoms with Gasteiger partial charge in [-0.1, -0.05) is 156 Å². The summed E-state index contributed by atoms with van der Waals surface area (Å²) < 4.78 is 13.3. The molecule has 11 aromatic rings. The minimum absolute atomic E-state index is 0.0356. The second-order valence-electron chi connectivity index (χ2n) is 15.2. The van der Waals surface area contributed by atoms with Crippen molar-refractivity contribution < 1.29 is 9.15 Å². The summed E-state index contributed by atoms with van der Waals surface area (Å²) in [7, 11) is 0. The fourth-order valence-electron chi connectivity index (χ4n) is 9.39. The maximum Gasteiger partial charge on any atom is 0.242 e. The van der Waals surface area contributed by atoms with Crippen LogP contribution in [0.3, 0.4) is 0 Å². The SMILES string of the molecule is c1ccc(B(c2ccc3c(c2)oc2ccccc23)c2cc3c4cccc5c4c(cc3c3ccccc23)-c2ccc(N(c3ccccc3)c3ccccc3)cc2O5)cc1. The Hall–Kier alpha value is -7.56. The van der Waals surface area contributed by atoms with Crippen molar-refractivity contribution in [3.05, 3.63) is 206 Å². The standard InChI is InChI=1S/C54H34BNO2/c1-4-15-35(16-5-1)55(36-27-29-43-42-23-12-13-25-50(42)57-52(43)31-36)49-34-47-45-24-14-26-51-54(45)48(33-46(47)40-21-10-11-22-41(40)49)44-30-28-39(32-53(44)58-51)56(37-17-6-2-7-18-37)38-19-8-3-9-20-38/h1-34H. The fourth-order valence-corrected chi connectivity index (χ4v) is 9.39. The predicted octanol–water partition coefficient (Wildman–Crippen LogP) is 12.8. The van der Waals surface area contributed by atoms with Gasteiger partial charge in [-0.2, -0.15) is 0 Å². The van der Waals surface area contributed by atoms with E-state index in [4.69, 9.17) is 9.15 Å². The van der Waals surface area contributed by atoms with Gasteiger partial charge in [-0.3, -0.25) is 0 Å². The Balaban J connectivity index is 1.07. The molecule has 0 N–H and O–H groups in total. The van der Waals surface area contributed by atoms with Crippen molar-refractivity contribution in [3.8, 4) is 22.6 Å². The van der Waals surface area contributed by atoms with E-state index in [1.54, 1.807) is 0 Å². The maximum absolute atomic E-state index is 6.89. The van der Waals surface area contributed by atoms with Crippen LogP contribution in [0.4, 0.5) is 17.1 Å². The lowest BCUT2D eigenvalue weighted by atomic mass is 9.36. The Kier molecular flexibility index (Phi) is 7.33. The highest BCUT2D eigenvalue weighted by atomic mass is 16.5. The highest BCUT2D eigenvalue weighted by molar-refractivity contribution is 6.97. The molecule has 0 saturated carbocycles. The fraction of sp³-hybridized carbons (Fsp3) is 0. The first kappa shape index (κ1) is 32.7. The second-order valence-corrected chi connectivity index (χ2v) is 15.2. The van der Waals surface area contributed by atoms with Crippen molar-refractivity contribution in [2.75, 3.05) is 4.90 Å². The van der Waals surface area contributed by atoms with Gasteiger partial charge in [0.2, 0.25) is 6.71 Å². The van der Waals surface area contributed by atoms with Crippen LogP contribution < -0.4 is 26.0 Å². The van der Waals surface area contributed by atoms with Crippen LogP contribution in [0.5, 0.6) is 11.5 Å². The van der Waals surface area contributed by atoms with Crippen molar-refractivity contribution in [2.24, 2.45) is 0 Å². The van der Waals surface area contributed by atoms with Gasteiger partial charge in [-0.15, -0.1) is 0 Å². The molecular weight excluding hydrogens is 705 g/mol. The molecule has 0 radical (unpaired) electrons. The third-order valence-corrected chi connectivity index (χ3v) is 11.9. The lowest BCUT2D eigenvalue weighted by Gasteiger charge is -2.28. The summed E-state index contributed by atoms with van der Waals surface area (Å²) in [5.41, 5.74) is 11.0. The first-order valence-electron chi connectivity index (χ1n) is 19.9. The monoisotopic (exact) mass is 739 g/mol. The highest BCUT2D eigenvalue weighted by Gasteiger charge is 2.28. The van der Waals surface area contributed by atoms with E-state index in [9.17, 15) is 0 Å². The molecule has 1 aliphatic rings. The van der Waals surface area contributed by atoms with Crippen LogP contribution in [-0.4, -0.2) is 6.71 Å². The zero-order valence-electron chi connectivity index (χ0n) is 31.5. The molecule has 0 amide bonds. The Bertz CT molecular complexity index is 3340. The Morgan fingerprint density at radius 3 is 1.76 bits per heavy atom. The number of hydrogen-bond donors (Lipinski definition) is 0. The van der Waals surface area contributed by atoms with Crippen LogP contribution in [0, 0.1) is 0 Å². The number of ether oxygens (including phenoxy) is 1. The van der Waals surface area contributed by atoms with E-state index in [-0.39, 0.29) is 6.71 Å². The normalized spacial score (nSPS) is 11.9. The largest absolute Gasteiger partial charge is 0.456 e. The molecule has 2 heterocycles. The van der Waals surface area contributed by atoms with Crippen molar-refractivity contribution in [1.29, 1.82) is 0 Å². The van der Waals surface area contributed by atoms with Gasteiger partial charge < -0.3 is 14.1 Å². The number of fused-ring (bicyclic) bond motifs is 9. The van der Waals surface area contributed by atoms with Crippen molar-refractivity contribution in [1.82, 2.24) is 0 Å². The summed E-state index contributed by atoms with van der Waals surface area (Å²) in [5, 5.41) is 9.50. The number of hydrogen-bond acceptors (Lipinski definition) is 3. The van der Waals surface area contributed by atoms with Crippen LogP contribution in [0.25, 0.3) is 65.4 Å². The molecule has 4 heteroatoms. The first-order chi connectivity index (χ1) is 28.8. The summed E-state index contributed by atoms with van der Waals surface area (Å²) in [4.78, 5) is 2.28. The predicted molar refractivity (Wildman–Crippen MR) is 244 cm³/mol. The third-order valence-electron chi connectivity index (χ3n) is 11.9. The number of para-hydroxylation sites is 3. The molecule has 0 fully saturated rings. The van der Waals surface area contributed by atoms with Gasteiger partial charge in [0.15, 0.2) is 0 Å². The van der Waals surface area contributed by atoms with Crippen LogP contribution in [0.1, 0.15) is 0 Å². The quantitative estimate of drug-likeness (QED) is 0.125. The minimum Gasteiger partial charge on any atom is -0.456 e.